The Kier molecular flexibility index (Phi) is 4.98. The monoisotopic (exact) mass is 241 g/mol. The fourth-order valence-corrected chi connectivity index (χ4v) is 1.94. The Bertz CT molecular complexity index is 348. The van der Waals surface area contributed by atoms with Gasteiger partial charge in [0.25, 0.3) is 0 Å². The van der Waals surface area contributed by atoms with Gasteiger partial charge in [-0.3, -0.25) is 5.32 Å². The summed E-state index contributed by atoms with van der Waals surface area (Å²) < 4.78 is 0. The molecular formula is C12H13Cl2N. The zero-order chi connectivity index (χ0) is 11.3. The molecule has 1 aromatic carbocycles. The Morgan fingerprint density at radius 1 is 1.40 bits per heavy atom. The normalized spacial score (nSPS) is 12.1. The highest BCUT2D eigenvalue weighted by Crippen LogP contribution is 2.29. The van der Waals surface area contributed by atoms with Crippen molar-refractivity contribution >= 4 is 23.2 Å². The average molecular weight is 242 g/mol. The number of hydrogen-bond donors (Lipinski definition) is 1. The topological polar surface area (TPSA) is 12.0 Å². The van der Waals surface area contributed by atoms with Crippen LogP contribution in [0, 0.1) is 12.3 Å². The summed E-state index contributed by atoms with van der Waals surface area (Å²) in [6, 6.07) is 5.18. The van der Waals surface area contributed by atoms with Crippen LogP contribution in [0.15, 0.2) is 18.2 Å². The van der Waals surface area contributed by atoms with Crippen LogP contribution in [0.5, 0.6) is 0 Å². The van der Waals surface area contributed by atoms with Gasteiger partial charge in [0.1, 0.15) is 0 Å². The van der Waals surface area contributed by atoms with E-state index in [-0.39, 0.29) is 6.04 Å². The quantitative estimate of drug-likeness (QED) is 0.794. The molecule has 1 unspecified atom stereocenters. The van der Waals surface area contributed by atoms with Gasteiger partial charge in [-0.25, -0.2) is 0 Å². The molecule has 0 radical (unpaired) electrons. The standard InChI is InChI=1S/C12H13Cl2N/c1-3-8-15-11(4-2)12-9(13)6-5-7-10(12)14/h2,5-7,11,15H,3,8H2,1H3. The van der Waals surface area contributed by atoms with Gasteiger partial charge < -0.3 is 0 Å². The van der Waals surface area contributed by atoms with Gasteiger partial charge in [0.15, 0.2) is 0 Å². The highest BCUT2D eigenvalue weighted by Gasteiger charge is 2.14. The van der Waals surface area contributed by atoms with Crippen LogP contribution in [0.4, 0.5) is 0 Å². The van der Waals surface area contributed by atoms with Crippen LogP contribution in [-0.2, 0) is 0 Å². The summed E-state index contributed by atoms with van der Waals surface area (Å²) in [6.07, 6.45) is 6.47. The molecule has 0 aliphatic heterocycles. The number of nitrogens with one attached hydrogen (secondary N) is 1. The molecule has 3 heteroatoms. The maximum absolute atomic E-state index is 6.06. The first kappa shape index (κ1) is 12.4. The van der Waals surface area contributed by atoms with Crippen LogP contribution in [0.2, 0.25) is 10.0 Å². The van der Waals surface area contributed by atoms with Crippen LogP contribution in [0.3, 0.4) is 0 Å². The van der Waals surface area contributed by atoms with Crippen molar-refractivity contribution in [3.8, 4) is 12.3 Å². The van der Waals surface area contributed by atoms with Gasteiger partial charge in [-0.2, -0.15) is 0 Å². The third-order valence-corrected chi connectivity index (χ3v) is 2.71. The van der Waals surface area contributed by atoms with Crippen LogP contribution in [0.25, 0.3) is 0 Å². The van der Waals surface area contributed by atoms with Crippen LogP contribution in [-0.4, -0.2) is 6.54 Å². The first-order chi connectivity index (χ1) is 7.20. The van der Waals surface area contributed by atoms with Gasteiger partial charge in [0.2, 0.25) is 0 Å². The van der Waals surface area contributed by atoms with Gasteiger partial charge in [-0.05, 0) is 25.1 Å². The molecule has 0 saturated carbocycles. The highest BCUT2D eigenvalue weighted by molar-refractivity contribution is 6.36. The van der Waals surface area contributed by atoms with Gasteiger partial charge in [-0.1, -0.05) is 42.1 Å². The van der Waals surface area contributed by atoms with Crippen LogP contribution < -0.4 is 5.32 Å². The highest BCUT2D eigenvalue weighted by atomic mass is 35.5. The number of hydrogen-bond acceptors (Lipinski definition) is 1. The number of benzene rings is 1. The molecule has 1 atom stereocenters. The SMILES string of the molecule is C#CC(NCCC)c1c(Cl)cccc1Cl. The molecule has 0 spiro atoms. The number of terminal acetylenes is 1. The van der Waals surface area contributed by atoms with Crippen molar-refractivity contribution in [3.05, 3.63) is 33.8 Å². The molecule has 0 fully saturated rings. The first-order valence-electron chi connectivity index (χ1n) is 4.84. The summed E-state index contributed by atoms with van der Waals surface area (Å²) in [7, 11) is 0. The zero-order valence-electron chi connectivity index (χ0n) is 8.56. The summed E-state index contributed by atoms with van der Waals surface area (Å²) in [6.45, 7) is 2.92. The Morgan fingerprint density at radius 3 is 2.47 bits per heavy atom. The van der Waals surface area contributed by atoms with E-state index < -0.39 is 0 Å². The maximum Gasteiger partial charge on any atom is 0.0972 e. The summed E-state index contributed by atoms with van der Waals surface area (Å²) in [5, 5.41) is 4.42. The number of halogens is 2. The maximum atomic E-state index is 6.06. The van der Waals surface area contributed by atoms with Crippen LogP contribution in [0.1, 0.15) is 24.9 Å². The molecule has 80 valence electrons. The number of rotatable bonds is 4. The molecule has 0 saturated heterocycles. The molecular weight excluding hydrogens is 229 g/mol. The molecule has 1 rings (SSSR count). The fraction of sp³-hybridized carbons (Fsp3) is 0.333. The van der Waals surface area contributed by atoms with Gasteiger partial charge in [0.05, 0.1) is 6.04 Å². The molecule has 0 bridgehead atoms. The Labute approximate surface area is 101 Å². The van der Waals surface area contributed by atoms with Crippen molar-refractivity contribution in [2.24, 2.45) is 0 Å². The van der Waals surface area contributed by atoms with Gasteiger partial charge in [0, 0.05) is 15.6 Å². The summed E-state index contributed by atoms with van der Waals surface area (Å²) in [5.74, 6) is 2.65. The van der Waals surface area contributed by atoms with Crippen molar-refractivity contribution in [1.82, 2.24) is 5.32 Å². The third kappa shape index (κ3) is 3.14. The fourth-order valence-electron chi connectivity index (χ4n) is 1.32. The lowest BCUT2D eigenvalue weighted by Crippen LogP contribution is -2.21. The summed E-state index contributed by atoms with van der Waals surface area (Å²) in [5.41, 5.74) is 0.789. The second kappa shape index (κ2) is 6.02. The van der Waals surface area contributed by atoms with Crippen molar-refractivity contribution in [2.75, 3.05) is 6.54 Å². The molecule has 0 heterocycles. The Balaban J connectivity index is 2.97. The first-order valence-corrected chi connectivity index (χ1v) is 5.59. The Hall–Kier alpha value is -0.680. The molecule has 1 nitrogen and oxygen atoms in total. The van der Waals surface area contributed by atoms with E-state index in [1.165, 1.54) is 0 Å². The van der Waals surface area contributed by atoms with E-state index in [0.29, 0.717) is 10.0 Å². The third-order valence-electron chi connectivity index (χ3n) is 2.05. The van der Waals surface area contributed by atoms with E-state index in [1.807, 2.05) is 6.07 Å². The largest absolute Gasteiger partial charge is 0.300 e. The second-order valence-corrected chi connectivity index (χ2v) is 4.00. The lowest BCUT2D eigenvalue weighted by Gasteiger charge is -2.15. The second-order valence-electron chi connectivity index (χ2n) is 3.19. The predicted molar refractivity (Wildman–Crippen MR) is 66.3 cm³/mol. The molecule has 15 heavy (non-hydrogen) atoms. The van der Waals surface area contributed by atoms with E-state index in [1.54, 1.807) is 12.1 Å². The van der Waals surface area contributed by atoms with Crippen LogP contribution >= 0.6 is 23.2 Å². The van der Waals surface area contributed by atoms with Gasteiger partial charge in [-0.15, -0.1) is 6.42 Å². The van der Waals surface area contributed by atoms with E-state index in [9.17, 15) is 0 Å². The summed E-state index contributed by atoms with van der Waals surface area (Å²) >= 11 is 12.1. The van der Waals surface area contributed by atoms with Crippen molar-refractivity contribution in [3.63, 3.8) is 0 Å². The zero-order valence-corrected chi connectivity index (χ0v) is 10.1. The minimum Gasteiger partial charge on any atom is -0.300 e. The average Bonchev–Trinajstić information content (AvgIpc) is 2.22. The minimum absolute atomic E-state index is 0.217. The van der Waals surface area contributed by atoms with Crippen molar-refractivity contribution < 1.29 is 0 Å². The van der Waals surface area contributed by atoms with E-state index in [0.717, 1.165) is 18.5 Å². The van der Waals surface area contributed by atoms with Crippen molar-refractivity contribution in [2.45, 2.75) is 19.4 Å². The molecule has 0 aromatic heterocycles. The van der Waals surface area contributed by atoms with E-state index in [2.05, 4.69) is 18.2 Å². The minimum atomic E-state index is -0.217. The van der Waals surface area contributed by atoms with Crippen molar-refractivity contribution in [1.29, 1.82) is 0 Å². The van der Waals surface area contributed by atoms with E-state index >= 15 is 0 Å². The lowest BCUT2D eigenvalue weighted by atomic mass is 10.1. The molecule has 0 amide bonds. The molecule has 0 aliphatic carbocycles. The molecule has 0 aliphatic rings. The van der Waals surface area contributed by atoms with E-state index in [4.69, 9.17) is 29.6 Å². The summed E-state index contributed by atoms with van der Waals surface area (Å²) in [4.78, 5) is 0. The smallest absolute Gasteiger partial charge is 0.0972 e. The van der Waals surface area contributed by atoms with Gasteiger partial charge >= 0.3 is 0 Å². The Morgan fingerprint density at radius 2 is 2.00 bits per heavy atom. The molecule has 1 aromatic rings. The molecule has 1 N–H and O–H groups in total. The predicted octanol–water partition coefficient (Wildman–Crippen LogP) is 3.67. The lowest BCUT2D eigenvalue weighted by molar-refractivity contribution is 0.627.